The van der Waals surface area contributed by atoms with Gasteiger partial charge in [0.2, 0.25) is 5.43 Å². The van der Waals surface area contributed by atoms with E-state index in [0.717, 1.165) is 0 Å². The summed E-state index contributed by atoms with van der Waals surface area (Å²) in [5.74, 6) is 1.43. The normalized spacial score (nSPS) is 14.9. The Kier molecular flexibility index (Phi) is 5.24. The van der Waals surface area contributed by atoms with Crippen LogP contribution in [-0.4, -0.2) is 18.8 Å². The van der Waals surface area contributed by atoms with Crippen molar-refractivity contribution >= 4 is 11.0 Å². The van der Waals surface area contributed by atoms with Gasteiger partial charge in [-0.05, 0) is 48.6 Å². The first-order valence-corrected chi connectivity index (χ1v) is 9.72. The Morgan fingerprint density at radius 3 is 2.71 bits per heavy atom. The molecule has 1 aromatic heterocycles. The molecule has 1 aliphatic rings. The topological polar surface area (TPSA) is 68.9 Å². The maximum atomic E-state index is 13.2. The van der Waals surface area contributed by atoms with E-state index in [1.807, 2.05) is 12.1 Å². The van der Waals surface area contributed by atoms with E-state index in [-0.39, 0.29) is 11.2 Å². The molecule has 1 heterocycles. The molecule has 0 bridgehead atoms. The first kappa shape index (κ1) is 18.4. The monoisotopic (exact) mass is 380 g/mol. The molecule has 1 aliphatic carbocycles. The minimum Gasteiger partial charge on any atom is -0.504 e. The first-order chi connectivity index (χ1) is 13.7. The maximum absolute atomic E-state index is 13.2. The average Bonchev–Trinajstić information content (AvgIpc) is 2.74. The lowest BCUT2D eigenvalue weighted by molar-refractivity contribution is 0.210. The minimum atomic E-state index is -0.159. The summed E-state index contributed by atoms with van der Waals surface area (Å²) in [6.07, 6.45) is 7.60. The van der Waals surface area contributed by atoms with E-state index < -0.39 is 0 Å². The third-order valence-electron chi connectivity index (χ3n) is 5.45. The van der Waals surface area contributed by atoms with Crippen LogP contribution >= 0.6 is 0 Å². The third kappa shape index (κ3) is 3.57. The van der Waals surface area contributed by atoms with Gasteiger partial charge in [0.15, 0.2) is 11.5 Å². The molecule has 5 nitrogen and oxygen atoms in total. The van der Waals surface area contributed by atoms with E-state index in [9.17, 15) is 9.90 Å². The van der Waals surface area contributed by atoms with Gasteiger partial charge in [0.1, 0.15) is 23.0 Å². The SMILES string of the molecule is COc1cc(-c2coc3cccc(OCC4CCCCC4)c3c2=O)ccc1O. The molecule has 2 aromatic carbocycles. The molecule has 0 radical (unpaired) electrons. The van der Waals surface area contributed by atoms with Crippen LogP contribution in [0.5, 0.6) is 17.2 Å². The molecule has 0 aliphatic heterocycles. The van der Waals surface area contributed by atoms with Crippen molar-refractivity contribution in [1.29, 1.82) is 0 Å². The Labute approximate surface area is 163 Å². The molecule has 0 atom stereocenters. The number of hydrogen-bond acceptors (Lipinski definition) is 5. The number of aromatic hydroxyl groups is 1. The lowest BCUT2D eigenvalue weighted by Crippen LogP contribution is -2.16. The van der Waals surface area contributed by atoms with E-state index in [2.05, 4.69) is 0 Å². The van der Waals surface area contributed by atoms with Crippen LogP contribution in [0, 0.1) is 5.92 Å². The predicted octanol–water partition coefficient (Wildman–Crippen LogP) is 5.13. The predicted molar refractivity (Wildman–Crippen MR) is 108 cm³/mol. The molecule has 0 saturated heterocycles. The van der Waals surface area contributed by atoms with Crippen LogP contribution in [0.4, 0.5) is 0 Å². The van der Waals surface area contributed by atoms with Crippen LogP contribution in [0.3, 0.4) is 0 Å². The largest absolute Gasteiger partial charge is 0.504 e. The Hall–Kier alpha value is -2.95. The van der Waals surface area contributed by atoms with Gasteiger partial charge in [0, 0.05) is 0 Å². The van der Waals surface area contributed by atoms with Gasteiger partial charge in [-0.3, -0.25) is 4.79 Å². The molecular formula is C23H24O5. The summed E-state index contributed by atoms with van der Waals surface area (Å²) in [6.45, 7) is 0.621. The fourth-order valence-electron chi connectivity index (χ4n) is 3.87. The molecule has 1 saturated carbocycles. The van der Waals surface area contributed by atoms with Crippen LogP contribution in [0.15, 0.2) is 51.9 Å². The van der Waals surface area contributed by atoms with Crippen molar-refractivity contribution in [2.75, 3.05) is 13.7 Å². The number of methoxy groups -OCH3 is 1. The van der Waals surface area contributed by atoms with Gasteiger partial charge >= 0.3 is 0 Å². The maximum Gasteiger partial charge on any atom is 0.204 e. The number of rotatable bonds is 5. The lowest BCUT2D eigenvalue weighted by Gasteiger charge is -2.22. The van der Waals surface area contributed by atoms with Crippen molar-refractivity contribution in [3.8, 4) is 28.4 Å². The molecule has 5 heteroatoms. The summed E-state index contributed by atoms with van der Waals surface area (Å²) < 4.78 is 17.0. The number of phenols is 1. The average molecular weight is 380 g/mol. The highest BCUT2D eigenvalue weighted by Gasteiger charge is 2.18. The van der Waals surface area contributed by atoms with E-state index in [1.165, 1.54) is 51.5 Å². The summed E-state index contributed by atoms with van der Waals surface area (Å²) in [7, 11) is 1.47. The number of fused-ring (bicyclic) bond motifs is 1. The highest BCUT2D eigenvalue weighted by molar-refractivity contribution is 5.87. The highest BCUT2D eigenvalue weighted by Crippen LogP contribution is 2.32. The molecule has 1 fully saturated rings. The third-order valence-corrected chi connectivity index (χ3v) is 5.45. The summed E-state index contributed by atoms with van der Waals surface area (Å²) >= 11 is 0. The van der Waals surface area contributed by atoms with Crippen molar-refractivity contribution in [2.45, 2.75) is 32.1 Å². The van der Waals surface area contributed by atoms with E-state index in [0.29, 0.717) is 46.1 Å². The number of ether oxygens (including phenoxy) is 2. The molecule has 0 spiro atoms. The van der Waals surface area contributed by atoms with Crippen molar-refractivity contribution in [3.05, 3.63) is 52.9 Å². The Balaban J connectivity index is 1.72. The molecule has 0 amide bonds. The Morgan fingerprint density at radius 1 is 1.11 bits per heavy atom. The first-order valence-electron chi connectivity index (χ1n) is 9.72. The van der Waals surface area contributed by atoms with Crippen molar-refractivity contribution in [1.82, 2.24) is 0 Å². The Morgan fingerprint density at radius 2 is 1.93 bits per heavy atom. The second kappa shape index (κ2) is 7.97. The van der Waals surface area contributed by atoms with E-state index in [4.69, 9.17) is 13.9 Å². The van der Waals surface area contributed by atoms with Gasteiger partial charge in [-0.25, -0.2) is 0 Å². The molecule has 28 heavy (non-hydrogen) atoms. The fourth-order valence-corrected chi connectivity index (χ4v) is 3.87. The molecular weight excluding hydrogens is 356 g/mol. The Bertz CT molecular complexity index is 1030. The second-order valence-electron chi connectivity index (χ2n) is 7.31. The second-order valence-corrected chi connectivity index (χ2v) is 7.31. The van der Waals surface area contributed by atoms with Crippen LogP contribution < -0.4 is 14.9 Å². The molecule has 0 unspecified atom stereocenters. The molecule has 4 rings (SSSR count). The fraction of sp³-hybridized carbons (Fsp3) is 0.348. The van der Waals surface area contributed by atoms with Crippen molar-refractivity contribution < 1.29 is 19.0 Å². The van der Waals surface area contributed by atoms with Crippen LogP contribution in [0.2, 0.25) is 0 Å². The quantitative estimate of drug-likeness (QED) is 0.664. The zero-order valence-electron chi connectivity index (χ0n) is 15.9. The standard InChI is InChI=1S/C23H24O5/c1-26-21-12-16(10-11-18(21)24)17-14-28-20-9-5-8-19(22(20)23(17)25)27-13-15-6-3-2-4-7-15/h5,8-12,14-15,24H,2-4,6-7,13H2,1H3. The molecule has 146 valence electrons. The van der Waals surface area contributed by atoms with Gasteiger partial charge in [-0.15, -0.1) is 0 Å². The van der Waals surface area contributed by atoms with Crippen molar-refractivity contribution in [2.24, 2.45) is 5.92 Å². The van der Waals surface area contributed by atoms with Crippen LogP contribution in [0.25, 0.3) is 22.1 Å². The van der Waals surface area contributed by atoms with Crippen molar-refractivity contribution in [3.63, 3.8) is 0 Å². The molecule has 3 aromatic rings. The summed E-state index contributed by atoms with van der Waals surface area (Å²) in [5, 5.41) is 10.3. The lowest BCUT2D eigenvalue weighted by atomic mass is 9.90. The number of benzene rings is 2. The zero-order chi connectivity index (χ0) is 19.5. The highest BCUT2D eigenvalue weighted by atomic mass is 16.5. The van der Waals surface area contributed by atoms with E-state index in [1.54, 1.807) is 18.2 Å². The van der Waals surface area contributed by atoms with Crippen LogP contribution in [-0.2, 0) is 0 Å². The number of hydrogen-bond donors (Lipinski definition) is 1. The smallest absolute Gasteiger partial charge is 0.204 e. The van der Waals surface area contributed by atoms with Gasteiger partial charge in [0.25, 0.3) is 0 Å². The summed E-state index contributed by atoms with van der Waals surface area (Å²) in [5.41, 5.74) is 1.36. The summed E-state index contributed by atoms with van der Waals surface area (Å²) in [4.78, 5) is 13.2. The van der Waals surface area contributed by atoms with Gasteiger partial charge in [-0.2, -0.15) is 0 Å². The molecule has 1 N–H and O–H groups in total. The number of phenolic OH excluding ortho intramolecular Hbond substituents is 1. The van der Waals surface area contributed by atoms with Gasteiger partial charge in [-0.1, -0.05) is 31.4 Å². The minimum absolute atomic E-state index is 0.0212. The van der Waals surface area contributed by atoms with Crippen LogP contribution in [0.1, 0.15) is 32.1 Å². The summed E-state index contributed by atoms with van der Waals surface area (Å²) in [6, 6.07) is 10.2. The van der Waals surface area contributed by atoms with E-state index >= 15 is 0 Å². The van der Waals surface area contributed by atoms with Gasteiger partial charge in [0.05, 0.1) is 19.3 Å². The van der Waals surface area contributed by atoms with Gasteiger partial charge < -0.3 is 19.0 Å². The zero-order valence-corrected chi connectivity index (χ0v) is 15.9.